The van der Waals surface area contributed by atoms with Crippen LogP contribution in [0.5, 0.6) is 5.75 Å². The summed E-state index contributed by atoms with van der Waals surface area (Å²) in [4.78, 5) is 8.15. The van der Waals surface area contributed by atoms with Gasteiger partial charge < -0.3 is 10.1 Å². The molecule has 0 saturated heterocycles. The van der Waals surface area contributed by atoms with Crippen molar-refractivity contribution in [3.05, 3.63) is 46.4 Å². The van der Waals surface area contributed by atoms with E-state index in [9.17, 15) is 0 Å². The minimum atomic E-state index is 0.551. The van der Waals surface area contributed by atoms with E-state index >= 15 is 0 Å². The van der Waals surface area contributed by atoms with Crippen molar-refractivity contribution in [1.29, 1.82) is 0 Å². The summed E-state index contributed by atoms with van der Waals surface area (Å²) in [5.74, 6) is 1.59. The molecule has 0 saturated carbocycles. The van der Waals surface area contributed by atoms with Crippen LogP contribution in [0.3, 0.4) is 0 Å². The van der Waals surface area contributed by atoms with E-state index in [1.807, 2.05) is 13.0 Å². The number of halogens is 1. The molecule has 21 heavy (non-hydrogen) atoms. The van der Waals surface area contributed by atoms with Gasteiger partial charge in [-0.1, -0.05) is 36.2 Å². The van der Waals surface area contributed by atoms with E-state index in [-0.39, 0.29) is 0 Å². The van der Waals surface area contributed by atoms with Crippen molar-refractivity contribution in [3.8, 4) is 5.75 Å². The highest BCUT2D eigenvalue weighted by molar-refractivity contribution is 6.33. The highest BCUT2D eigenvalue weighted by Gasteiger charge is 2.05. The van der Waals surface area contributed by atoms with Crippen LogP contribution in [0.2, 0.25) is 5.02 Å². The molecule has 0 fully saturated rings. The Bertz CT molecular complexity index is 616. The van der Waals surface area contributed by atoms with Crippen molar-refractivity contribution >= 4 is 17.4 Å². The topological polar surface area (TPSA) is 47.0 Å². The molecule has 1 aromatic heterocycles. The van der Waals surface area contributed by atoms with Crippen molar-refractivity contribution in [2.45, 2.75) is 27.2 Å². The molecular formula is C16H20ClN3O. The molecule has 1 N–H and O–H groups in total. The second kappa shape index (κ2) is 7.27. The summed E-state index contributed by atoms with van der Waals surface area (Å²) in [6.45, 7) is 7.25. The summed E-state index contributed by atoms with van der Waals surface area (Å²) in [6, 6.07) is 6.25. The zero-order chi connectivity index (χ0) is 15.2. The number of nitrogens with zero attached hydrogens (tertiary/aromatic N) is 2. The Morgan fingerprint density at radius 1 is 1.24 bits per heavy atom. The summed E-state index contributed by atoms with van der Waals surface area (Å²) < 4.78 is 5.83. The molecule has 0 spiro atoms. The van der Waals surface area contributed by atoms with Gasteiger partial charge in [0.05, 0.1) is 12.2 Å². The molecule has 1 aromatic carbocycles. The number of hydrogen-bond donors (Lipinski definition) is 1. The van der Waals surface area contributed by atoms with E-state index in [4.69, 9.17) is 16.3 Å². The summed E-state index contributed by atoms with van der Waals surface area (Å²) in [5, 5.41) is 3.72. The number of hydrogen-bond acceptors (Lipinski definition) is 4. The third kappa shape index (κ3) is 4.08. The van der Waals surface area contributed by atoms with Crippen molar-refractivity contribution in [3.63, 3.8) is 0 Å². The SMILES string of the molecule is CCc1cc(C)ccc1OCCNc1ncnc(C)c1Cl. The van der Waals surface area contributed by atoms with E-state index in [1.54, 1.807) is 0 Å². The lowest BCUT2D eigenvalue weighted by molar-refractivity contribution is 0.329. The fourth-order valence-electron chi connectivity index (χ4n) is 2.04. The molecule has 0 atom stereocenters. The van der Waals surface area contributed by atoms with Gasteiger partial charge in [0.25, 0.3) is 0 Å². The van der Waals surface area contributed by atoms with Crippen LogP contribution in [-0.2, 0) is 6.42 Å². The number of aryl methyl sites for hydroxylation is 3. The van der Waals surface area contributed by atoms with Crippen LogP contribution in [0, 0.1) is 13.8 Å². The van der Waals surface area contributed by atoms with Gasteiger partial charge in [0.1, 0.15) is 29.5 Å². The Hall–Kier alpha value is -1.81. The molecular weight excluding hydrogens is 286 g/mol. The third-order valence-corrected chi connectivity index (χ3v) is 3.67. The van der Waals surface area contributed by atoms with Gasteiger partial charge in [-0.05, 0) is 31.9 Å². The summed E-state index contributed by atoms with van der Waals surface area (Å²) in [6.07, 6.45) is 2.46. The van der Waals surface area contributed by atoms with Crippen molar-refractivity contribution < 1.29 is 4.74 Å². The monoisotopic (exact) mass is 305 g/mol. The quantitative estimate of drug-likeness (QED) is 0.825. The van der Waals surface area contributed by atoms with Crippen molar-refractivity contribution in [1.82, 2.24) is 9.97 Å². The van der Waals surface area contributed by atoms with Gasteiger partial charge in [-0.3, -0.25) is 0 Å². The summed E-state index contributed by atoms with van der Waals surface area (Å²) >= 11 is 6.13. The van der Waals surface area contributed by atoms with Gasteiger partial charge in [-0.25, -0.2) is 9.97 Å². The molecule has 0 aliphatic rings. The average molecular weight is 306 g/mol. The van der Waals surface area contributed by atoms with E-state index in [2.05, 4.69) is 41.3 Å². The Balaban J connectivity index is 1.89. The van der Waals surface area contributed by atoms with Gasteiger partial charge in [0, 0.05) is 0 Å². The van der Waals surface area contributed by atoms with Crippen molar-refractivity contribution in [2.24, 2.45) is 0 Å². The maximum absolute atomic E-state index is 6.13. The minimum absolute atomic E-state index is 0.551. The Kier molecular flexibility index (Phi) is 5.39. The molecule has 2 rings (SSSR count). The fourth-order valence-corrected chi connectivity index (χ4v) is 2.20. The molecule has 0 aliphatic carbocycles. The molecule has 2 aromatic rings. The maximum Gasteiger partial charge on any atom is 0.148 e. The third-order valence-electron chi connectivity index (χ3n) is 3.21. The van der Waals surface area contributed by atoms with Crippen LogP contribution in [0.25, 0.3) is 0 Å². The first-order valence-corrected chi connectivity index (χ1v) is 7.43. The smallest absolute Gasteiger partial charge is 0.148 e. The van der Waals surface area contributed by atoms with Gasteiger partial charge in [-0.2, -0.15) is 0 Å². The lowest BCUT2D eigenvalue weighted by Crippen LogP contribution is -2.13. The standard InChI is InChI=1S/C16H20ClN3O/c1-4-13-9-11(2)5-6-14(13)21-8-7-18-16-15(17)12(3)19-10-20-16/h5-6,9-10H,4,7-8H2,1-3H3,(H,18,19,20). The number of rotatable bonds is 6. The molecule has 4 nitrogen and oxygen atoms in total. The number of aromatic nitrogens is 2. The van der Waals surface area contributed by atoms with E-state index in [0.717, 1.165) is 17.9 Å². The first kappa shape index (κ1) is 15.6. The first-order chi connectivity index (χ1) is 10.1. The van der Waals surface area contributed by atoms with Gasteiger partial charge in [0.15, 0.2) is 0 Å². The number of benzene rings is 1. The molecule has 0 aliphatic heterocycles. The molecule has 0 unspecified atom stereocenters. The second-order valence-electron chi connectivity index (χ2n) is 4.86. The Labute approximate surface area is 130 Å². The van der Waals surface area contributed by atoms with Crippen LogP contribution in [0.15, 0.2) is 24.5 Å². The number of anilines is 1. The molecule has 5 heteroatoms. The number of nitrogens with one attached hydrogen (secondary N) is 1. The van der Waals surface area contributed by atoms with Crippen LogP contribution >= 0.6 is 11.6 Å². The maximum atomic E-state index is 6.13. The summed E-state index contributed by atoms with van der Waals surface area (Å²) in [5.41, 5.74) is 3.24. The average Bonchev–Trinajstić information content (AvgIpc) is 2.48. The fraction of sp³-hybridized carbons (Fsp3) is 0.375. The predicted octanol–water partition coefficient (Wildman–Crippen LogP) is 3.80. The highest BCUT2D eigenvalue weighted by atomic mass is 35.5. The predicted molar refractivity (Wildman–Crippen MR) is 86.3 cm³/mol. The minimum Gasteiger partial charge on any atom is -0.491 e. The van der Waals surface area contributed by atoms with Crippen molar-refractivity contribution in [2.75, 3.05) is 18.5 Å². The van der Waals surface area contributed by atoms with E-state index < -0.39 is 0 Å². The first-order valence-electron chi connectivity index (χ1n) is 7.05. The summed E-state index contributed by atoms with van der Waals surface area (Å²) in [7, 11) is 0. The molecule has 0 amide bonds. The normalized spacial score (nSPS) is 10.5. The van der Waals surface area contributed by atoms with E-state index in [0.29, 0.717) is 24.0 Å². The Morgan fingerprint density at radius 3 is 2.81 bits per heavy atom. The highest BCUT2D eigenvalue weighted by Crippen LogP contribution is 2.22. The molecule has 0 bridgehead atoms. The lowest BCUT2D eigenvalue weighted by Gasteiger charge is -2.12. The zero-order valence-electron chi connectivity index (χ0n) is 12.6. The van der Waals surface area contributed by atoms with Crippen LogP contribution in [0.1, 0.15) is 23.7 Å². The Morgan fingerprint density at radius 2 is 2.05 bits per heavy atom. The zero-order valence-corrected chi connectivity index (χ0v) is 13.4. The second-order valence-corrected chi connectivity index (χ2v) is 5.24. The van der Waals surface area contributed by atoms with Gasteiger partial charge in [0.2, 0.25) is 0 Å². The molecule has 112 valence electrons. The van der Waals surface area contributed by atoms with Crippen LogP contribution < -0.4 is 10.1 Å². The lowest BCUT2D eigenvalue weighted by atomic mass is 10.1. The largest absolute Gasteiger partial charge is 0.491 e. The number of ether oxygens (including phenoxy) is 1. The van der Waals surface area contributed by atoms with Crippen LogP contribution in [-0.4, -0.2) is 23.1 Å². The van der Waals surface area contributed by atoms with Gasteiger partial charge in [-0.15, -0.1) is 0 Å². The molecule has 0 radical (unpaired) electrons. The molecule has 1 heterocycles. The van der Waals surface area contributed by atoms with Crippen LogP contribution in [0.4, 0.5) is 5.82 Å². The van der Waals surface area contributed by atoms with Gasteiger partial charge >= 0.3 is 0 Å². The van der Waals surface area contributed by atoms with E-state index in [1.165, 1.54) is 17.5 Å².